The highest BCUT2D eigenvalue weighted by molar-refractivity contribution is 5.80. The lowest BCUT2D eigenvalue weighted by Crippen LogP contribution is -2.55. The first-order valence-corrected chi connectivity index (χ1v) is 8.09. The zero-order valence-electron chi connectivity index (χ0n) is 14.4. The summed E-state index contributed by atoms with van der Waals surface area (Å²) in [5, 5.41) is 3.37. The molecule has 1 saturated heterocycles. The fourth-order valence-corrected chi connectivity index (χ4v) is 3.01. The van der Waals surface area contributed by atoms with Crippen LogP contribution in [0.25, 0.3) is 0 Å². The number of nitrogens with one attached hydrogen (secondary N) is 1. The molecule has 21 heavy (non-hydrogen) atoms. The fourth-order valence-electron chi connectivity index (χ4n) is 3.01. The average Bonchev–Trinajstić information content (AvgIpc) is 2.35. The number of hydrogen-bond acceptors (Lipinski definition) is 5. The average molecular weight is 300 g/mol. The van der Waals surface area contributed by atoms with Crippen LogP contribution in [-0.4, -0.2) is 60.9 Å². The van der Waals surface area contributed by atoms with E-state index in [1.54, 1.807) is 0 Å². The molecule has 5 nitrogen and oxygen atoms in total. The summed E-state index contributed by atoms with van der Waals surface area (Å²) in [6.07, 6.45) is 1.24. The smallest absolute Gasteiger partial charge is 0.326 e. The van der Waals surface area contributed by atoms with Gasteiger partial charge in [0, 0.05) is 25.7 Å². The quantitative estimate of drug-likeness (QED) is 0.727. The first-order chi connectivity index (χ1) is 9.76. The van der Waals surface area contributed by atoms with Crippen LogP contribution in [-0.2, 0) is 14.3 Å². The van der Waals surface area contributed by atoms with E-state index in [2.05, 4.69) is 37.9 Å². The Kier molecular flexibility index (Phi) is 7.10. The minimum Gasteiger partial charge on any atom is -0.465 e. The highest BCUT2D eigenvalue weighted by Crippen LogP contribution is 2.17. The van der Waals surface area contributed by atoms with E-state index >= 15 is 0 Å². The molecule has 0 amide bonds. The van der Waals surface area contributed by atoms with Gasteiger partial charge in [-0.25, -0.2) is 0 Å². The SMILES string of the molecule is CCOC(=O)C(C)(CCN1C[C@@H](C)O[C@@H](C)C1)NC(C)C. The summed E-state index contributed by atoms with van der Waals surface area (Å²) in [6, 6.07) is 0.238. The number of esters is 1. The van der Waals surface area contributed by atoms with E-state index < -0.39 is 5.54 Å². The van der Waals surface area contributed by atoms with Crippen molar-refractivity contribution in [2.75, 3.05) is 26.2 Å². The molecule has 0 spiro atoms. The van der Waals surface area contributed by atoms with Crippen molar-refractivity contribution in [2.24, 2.45) is 0 Å². The summed E-state index contributed by atoms with van der Waals surface area (Å²) in [6.45, 7) is 15.2. The van der Waals surface area contributed by atoms with Gasteiger partial charge in [0.25, 0.3) is 0 Å². The van der Waals surface area contributed by atoms with Gasteiger partial charge in [0.1, 0.15) is 5.54 Å². The van der Waals surface area contributed by atoms with Gasteiger partial charge in [-0.15, -0.1) is 0 Å². The minimum absolute atomic E-state index is 0.159. The molecule has 0 aromatic rings. The molecule has 1 heterocycles. The fraction of sp³-hybridized carbons (Fsp3) is 0.938. The highest BCUT2D eigenvalue weighted by Gasteiger charge is 2.36. The summed E-state index contributed by atoms with van der Waals surface area (Å²) in [5.41, 5.74) is -0.630. The molecule has 124 valence electrons. The number of hydrogen-bond donors (Lipinski definition) is 1. The lowest BCUT2D eigenvalue weighted by molar-refractivity contribution is -0.151. The van der Waals surface area contributed by atoms with Crippen LogP contribution in [0.3, 0.4) is 0 Å². The minimum atomic E-state index is -0.630. The second-order valence-corrected chi connectivity index (χ2v) is 6.62. The molecule has 3 atom stereocenters. The topological polar surface area (TPSA) is 50.8 Å². The summed E-state index contributed by atoms with van der Waals surface area (Å²) in [4.78, 5) is 14.6. The number of morpholine rings is 1. The maximum Gasteiger partial charge on any atom is 0.326 e. The van der Waals surface area contributed by atoms with Gasteiger partial charge in [-0.3, -0.25) is 15.0 Å². The van der Waals surface area contributed by atoms with Crippen LogP contribution in [0.1, 0.15) is 48.0 Å². The van der Waals surface area contributed by atoms with E-state index in [0.717, 1.165) is 26.1 Å². The standard InChI is InChI=1S/C16H32N2O3/c1-7-20-15(19)16(6,17-12(2)3)8-9-18-10-13(4)21-14(5)11-18/h12-14,17H,7-11H2,1-6H3/t13-,14+,16?. The van der Waals surface area contributed by atoms with Crippen molar-refractivity contribution < 1.29 is 14.3 Å². The van der Waals surface area contributed by atoms with Gasteiger partial charge in [0.2, 0.25) is 0 Å². The zero-order valence-corrected chi connectivity index (χ0v) is 14.4. The second-order valence-electron chi connectivity index (χ2n) is 6.62. The molecule has 1 N–H and O–H groups in total. The van der Waals surface area contributed by atoms with Gasteiger partial charge in [-0.2, -0.15) is 0 Å². The van der Waals surface area contributed by atoms with Crippen molar-refractivity contribution in [3.05, 3.63) is 0 Å². The molecule has 0 saturated carbocycles. The molecule has 1 aliphatic heterocycles. The van der Waals surface area contributed by atoms with Gasteiger partial charge < -0.3 is 9.47 Å². The van der Waals surface area contributed by atoms with Crippen LogP contribution < -0.4 is 5.32 Å². The normalized spacial score (nSPS) is 26.6. The van der Waals surface area contributed by atoms with Gasteiger partial charge in [-0.1, -0.05) is 0 Å². The van der Waals surface area contributed by atoms with Crippen molar-refractivity contribution in [1.82, 2.24) is 10.2 Å². The Morgan fingerprint density at radius 3 is 2.43 bits per heavy atom. The Morgan fingerprint density at radius 1 is 1.38 bits per heavy atom. The van der Waals surface area contributed by atoms with Crippen molar-refractivity contribution in [3.63, 3.8) is 0 Å². The van der Waals surface area contributed by atoms with Crippen LogP contribution in [0.4, 0.5) is 0 Å². The second kappa shape index (κ2) is 8.11. The van der Waals surface area contributed by atoms with Crippen molar-refractivity contribution in [2.45, 2.75) is 71.8 Å². The predicted molar refractivity (Wildman–Crippen MR) is 84.4 cm³/mol. The van der Waals surface area contributed by atoms with E-state index in [4.69, 9.17) is 9.47 Å². The predicted octanol–water partition coefficient (Wildman–Crippen LogP) is 1.81. The van der Waals surface area contributed by atoms with Crippen molar-refractivity contribution in [1.29, 1.82) is 0 Å². The zero-order chi connectivity index (χ0) is 16.0. The molecule has 0 aromatic heterocycles. The maximum atomic E-state index is 12.3. The van der Waals surface area contributed by atoms with Gasteiger partial charge in [-0.05, 0) is 48.0 Å². The largest absolute Gasteiger partial charge is 0.465 e. The first kappa shape index (κ1) is 18.4. The van der Waals surface area contributed by atoms with E-state index in [-0.39, 0.29) is 24.2 Å². The Bertz CT molecular complexity index is 325. The third kappa shape index (κ3) is 5.93. The van der Waals surface area contributed by atoms with E-state index in [1.807, 2.05) is 13.8 Å². The van der Waals surface area contributed by atoms with Crippen LogP contribution in [0.2, 0.25) is 0 Å². The summed E-state index contributed by atoms with van der Waals surface area (Å²) >= 11 is 0. The van der Waals surface area contributed by atoms with E-state index in [0.29, 0.717) is 6.61 Å². The van der Waals surface area contributed by atoms with Crippen molar-refractivity contribution in [3.8, 4) is 0 Å². The van der Waals surface area contributed by atoms with E-state index in [1.165, 1.54) is 0 Å². The number of carbonyl (C=O) groups excluding carboxylic acids is 1. The Balaban J connectivity index is 2.62. The molecular formula is C16H32N2O3. The highest BCUT2D eigenvalue weighted by atomic mass is 16.5. The van der Waals surface area contributed by atoms with E-state index in [9.17, 15) is 4.79 Å². The number of nitrogens with zero attached hydrogens (tertiary/aromatic N) is 1. The molecule has 0 radical (unpaired) electrons. The van der Waals surface area contributed by atoms with Gasteiger partial charge in [0.15, 0.2) is 0 Å². The molecular weight excluding hydrogens is 268 g/mol. The summed E-state index contributed by atoms with van der Waals surface area (Å²) in [7, 11) is 0. The Morgan fingerprint density at radius 2 is 1.95 bits per heavy atom. The maximum absolute atomic E-state index is 12.3. The summed E-state index contributed by atoms with van der Waals surface area (Å²) in [5.74, 6) is -0.159. The van der Waals surface area contributed by atoms with Crippen LogP contribution in [0.5, 0.6) is 0 Å². The number of rotatable bonds is 7. The molecule has 5 heteroatoms. The Labute approximate surface area is 129 Å². The molecule has 1 fully saturated rings. The molecule has 0 bridgehead atoms. The monoisotopic (exact) mass is 300 g/mol. The Hall–Kier alpha value is -0.650. The third-order valence-electron chi connectivity index (χ3n) is 3.76. The number of ether oxygens (including phenoxy) is 2. The molecule has 1 aliphatic rings. The first-order valence-electron chi connectivity index (χ1n) is 8.09. The lowest BCUT2D eigenvalue weighted by atomic mass is 9.96. The van der Waals surface area contributed by atoms with Gasteiger partial charge in [0.05, 0.1) is 18.8 Å². The molecule has 0 aliphatic carbocycles. The van der Waals surface area contributed by atoms with Crippen LogP contribution in [0, 0.1) is 0 Å². The molecule has 1 unspecified atom stereocenters. The van der Waals surface area contributed by atoms with Crippen LogP contribution >= 0.6 is 0 Å². The molecule has 1 rings (SSSR count). The number of carbonyl (C=O) groups is 1. The third-order valence-corrected chi connectivity index (χ3v) is 3.76. The van der Waals surface area contributed by atoms with Crippen LogP contribution in [0.15, 0.2) is 0 Å². The molecule has 0 aromatic carbocycles. The summed E-state index contributed by atoms with van der Waals surface area (Å²) < 4.78 is 11.0. The lowest BCUT2D eigenvalue weighted by Gasteiger charge is -2.38. The van der Waals surface area contributed by atoms with Gasteiger partial charge >= 0.3 is 5.97 Å². The van der Waals surface area contributed by atoms with Crippen molar-refractivity contribution >= 4 is 5.97 Å².